The molecule has 0 heterocycles. The minimum absolute atomic E-state index is 0.255. The van der Waals surface area contributed by atoms with Crippen LogP contribution >= 0.6 is 0 Å². The molecular weight excluding hydrogens is 288 g/mol. The number of methoxy groups -OCH3 is 1. The fourth-order valence-electron chi connectivity index (χ4n) is 1.78. The average molecular weight is 306 g/mol. The van der Waals surface area contributed by atoms with Crippen molar-refractivity contribution in [2.75, 3.05) is 20.3 Å². The standard InChI is InChI=1S/C15H18N2O5/c1-10(2)17(8-15(19)20)14(18)9-22-12-5-4-11(7-16)6-13(12)21-3/h4-6,10H,8-9H2,1-3H3,(H,19,20). The lowest BCUT2D eigenvalue weighted by Crippen LogP contribution is -2.43. The van der Waals surface area contributed by atoms with Gasteiger partial charge in [-0.05, 0) is 26.0 Å². The van der Waals surface area contributed by atoms with Crippen LogP contribution in [0.4, 0.5) is 0 Å². The first-order valence-corrected chi connectivity index (χ1v) is 6.61. The molecular formula is C15H18N2O5. The first kappa shape index (κ1) is 17.3. The highest BCUT2D eigenvalue weighted by Gasteiger charge is 2.20. The summed E-state index contributed by atoms with van der Waals surface area (Å²) in [6.07, 6.45) is 0. The molecule has 0 radical (unpaired) electrons. The van der Waals surface area contributed by atoms with E-state index in [0.29, 0.717) is 17.1 Å². The van der Waals surface area contributed by atoms with Gasteiger partial charge in [-0.25, -0.2) is 0 Å². The molecule has 22 heavy (non-hydrogen) atoms. The molecule has 0 fully saturated rings. The second kappa shape index (κ2) is 7.88. The van der Waals surface area contributed by atoms with Crippen molar-refractivity contribution in [1.82, 2.24) is 4.90 Å². The van der Waals surface area contributed by atoms with Crippen molar-refractivity contribution in [2.24, 2.45) is 0 Å². The maximum Gasteiger partial charge on any atom is 0.323 e. The summed E-state index contributed by atoms with van der Waals surface area (Å²) in [6.45, 7) is 2.75. The van der Waals surface area contributed by atoms with Gasteiger partial charge in [0.25, 0.3) is 5.91 Å². The van der Waals surface area contributed by atoms with E-state index >= 15 is 0 Å². The average Bonchev–Trinajstić information content (AvgIpc) is 2.49. The Morgan fingerprint density at radius 1 is 1.36 bits per heavy atom. The van der Waals surface area contributed by atoms with Crippen molar-refractivity contribution < 1.29 is 24.2 Å². The normalized spacial score (nSPS) is 9.95. The van der Waals surface area contributed by atoms with Crippen LogP contribution in [0.1, 0.15) is 19.4 Å². The van der Waals surface area contributed by atoms with Crippen molar-refractivity contribution in [3.05, 3.63) is 23.8 Å². The largest absolute Gasteiger partial charge is 0.493 e. The van der Waals surface area contributed by atoms with E-state index < -0.39 is 11.9 Å². The van der Waals surface area contributed by atoms with E-state index in [-0.39, 0.29) is 19.2 Å². The molecule has 7 heteroatoms. The Balaban J connectivity index is 2.78. The topological polar surface area (TPSA) is 99.9 Å². The van der Waals surface area contributed by atoms with Gasteiger partial charge in [0, 0.05) is 12.1 Å². The first-order valence-electron chi connectivity index (χ1n) is 6.61. The summed E-state index contributed by atoms with van der Waals surface area (Å²) in [5.74, 6) is -0.878. The number of ether oxygens (including phenoxy) is 2. The molecule has 0 spiro atoms. The van der Waals surface area contributed by atoms with E-state index in [1.807, 2.05) is 6.07 Å². The molecule has 0 aromatic heterocycles. The fraction of sp³-hybridized carbons (Fsp3) is 0.400. The van der Waals surface area contributed by atoms with E-state index in [9.17, 15) is 9.59 Å². The van der Waals surface area contributed by atoms with Gasteiger partial charge in [-0.2, -0.15) is 5.26 Å². The quantitative estimate of drug-likeness (QED) is 0.814. The number of benzene rings is 1. The summed E-state index contributed by atoms with van der Waals surface area (Å²) >= 11 is 0. The molecule has 1 amide bonds. The molecule has 118 valence electrons. The number of rotatable bonds is 7. The summed E-state index contributed by atoms with van der Waals surface area (Å²) < 4.78 is 10.5. The summed E-state index contributed by atoms with van der Waals surface area (Å²) in [5.41, 5.74) is 0.408. The second-order valence-electron chi connectivity index (χ2n) is 4.78. The monoisotopic (exact) mass is 306 g/mol. The molecule has 1 rings (SSSR count). The second-order valence-corrected chi connectivity index (χ2v) is 4.78. The smallest absolute Gasteiger partial charge is 0.323 e. The molecule has 0 aliphatic carbocycles. The van der Waals surface area contributed by atoms with E-state index in [1.165, 1.54) is 24.1 Å². The Kier molecular flexibility index (Phi) is 6.20. The van der Waals surface area contributed by atoms with Crippen LogP contribution in [0, 0.1) is 11.3 Å². The van der Waals surface area contributed by atoms with Crippen molar-refractivity contribution in [2.45, 2.75) is 19.9 Å². The molecule has 0 unspecified atom stereocenters. The van der Waals surface area contributed by atoms with Gasteiger partial charge in [0.15, 0.2) is 18.1 Å². The van der Waals surface area contributed by atoms with E-state index in [2.05, 4.69) is 0 Å². The Morgan fingerprint density at radius 2 is 2.05 bits per heavy atom. The van der Waals surface area contributed by atoms with E-state index in [0.717, 1.165) is 0 Å². The number of amides is 1. The zero-order valence-corrected chi connectivity index (χ0v) is 12.7. The summed E-state index contributed by atoms with van der Waals surface area (Å²) in [7, 11) is 1.43. The summed E-state index contributed by atoms with van der Waals surface area (Å²) in [5, 5.41) is 17.6. The molecule has 1 aromatic rings. The molecule has 0 aliphatic heterocycles. The van der Waals surface area contributed by atoms with Crippen molar-refractivity contribution >= 4 is 11.9 Å². The lowest BCUT2D eigenvalue weighted by atomic mass is 10.2. The molecule has 1 N–H and O–H groups in total. The van der Waals surface area contributed by atoms with Gasteiger partial charge in [-0.3, -0.25) is 9.59 Å². The Labute approximate surface area is 128 Å². The van der Waals surface area contributed by atoms with Gasteiger partial charge in [-0.15, -0.1) is 0 Å². The minimum Gasteiger partial charge on any atom is -0.493 e. The third kappa shape index (κ3) is 4.66. The van der Waals surface area contributed by atoms with Gasteiger partial charge in [0.2, 0.25) is 0 Å². The number of nitrogens with zero attached hydrogens (tertiary/aromatic N) is 2. The lowest BCUT2D eigenvalue weighted by molar-refractivity contribution is -0.146. The highest BCUT2D eigenvalue weighted by molar-refractivity contribution is 5.82. The van der Waals surface area contributed by atoms with Crippen molar-refractivity contribution in [1.29, 1.82) is 5.26 Å². The number of aliphatic carboxylic acids is 1. The number of hydrogen-bond donors (Lipinski definition) is 1. The van der Waals surface area contributed by atoms with Crippen LogP contribution in [-0.2, 0) is 9.59 Å². The molecule has 0 bridgehead atoms. The maximum atomic E-state index is 12.1. The van der Waals surface area contributed by atoms with Gasteiger partial charge in [0.05, 0.1) is 18.7 Å². The number of carbonyl (C=O) groups excluding carboxylic acids is 1. The number of carboxylic acid groups (broad SMARTS) is 1. The SMILES string of the molecule is COc1cc(C#N)ccc1OCC(=O)N(CC(=O)O)C(C)C. The molecule has 7 nitrogen and oxygen atoms in total. The van der Waals surface area contributed by atoms with E-state index in [4.69, 9.17) is 19.8 Å². The summed E-state index contributed by atoms with van der Waals surface area (Å²) in [4.78, 5) is 24.0. The Morgan fingerprint density at radius 3 is 2.55 bits per heavy atom. The molecule has 0 atom stereocenters. The van der Waals surface area contributed by atoms with Gasteiger partial charge >= 0.3 is 5.97 Å². The zero-order chi connectivity index (χ0) is 16.7. The summed E-state index contributed by atoms with van der Waals surface area (Å²) in [6, 6.07) is 6.29. The van der Waals surface area contributed by atoms with Crippen molar-refractivity contribution in [3.8, 4) is 17.6 Å². The highest BCUT2D eigenvalue weighted by Crippen LogP contribution is 2.27. The molecule has 0 aliphatic rings. The van der Waals surface area contributed by atoms with Crippen LogP contribution in [0.2, 0.25) is 0 Å². The van der Waals surface area contributed by atoms with Crippen LogP contribution in [0.3, 0.4) is 0 Å². The highest BCUT2D eigenvalue weighted by atomic mass is 16.5. The number of carboxylic acids is 1. The number of nitriles is 1. The predicted octanol–water partition coefficient (Wildman–Crippen LogP) is 1.27. The lowest BCUT2D eigenvalue weighted by Gasteiger charge is -2.25. The van der Waals surface area contributed by atoms with Crippen LogP contribution in [0.25, 0.3) is 0 Å². The van der Waals surface area contributed by atoms with Crippen LogP contribution < -0.4 is 9.47 Å². The molecule has 1 aromatic carbocycles. The molecule has 0 saturated heterocycles. The Hall–Kier alpha value is -2.75. The van der Waals surface area contributed by atoms with E-state index in [1.54, 1.807) is 19.9 Å². The van der Waals surface area contributed by atoms with Gasteiger partial charge in [-0.1, -0.05) is 0 Å². The first-order chi connectivity index (χ1) is 10.4. The molecule has 0 saturated carbocycles. The number of hydrogen-bond acceptors (Lipinski definition) is 5. The van der Waals surface area contributed by atoms with Gasteiger partial charge < -0.3 is 19.5 Å². The number of carbonyl (C=O) groups is 2. The van der Waals surface area contributed by atoms with Crippen LogP contribution in [0.15, 0.2) is 18.2 Å². The minimum atomic E-state index is -1.09. The zero-order valence-electron chi connectivity index (χ0n) is 12.7. The van der Waals surface area contributed by atoms with Crippen LogP contribution in [-0.4, -0.2) is 48.2 Å². The Bertz CT molecular complexity index is 592. The maximum absolute atomic E-state index is 12.1. The van der Waals surface area contributed by atoms with Crippen LogP contribution in [0.5, 0.6) is 11.5 Å². The third-order valence-electron chi connectivity index (χ3n) is 2.89. The predicted molar refractivity (Wildman–Crippen MR) is 77.7 cm³/mol. The van der Waals surface area contributed by atoms with Crippen molar-refractivity contribution in [3.63, 3.8) is 0 Å². The fourth-order valence-corrected chi connectivity index (χ4v) is 1.78. The van der Waals surface area contributed by atoms with Gasteiger partial charge in [0.1, 0.15) is 6.54 Å². The third-order valence-corrected chi connectivity index (χ3v) is 2.89.